The maximum absolute atomic E-state index is 11.6. The normalized spacial score (nSPS) is 23.6. The number of carbonyl (C=O) groups excluding carboxylic acids is 1. The summed E-state index contributed by atoms with van der Waals surface area (Å²) in [6.07, 6.45) is 2.96. The molecule has 2 aromatic carbocycles. The fourth-order valence-electron chi connectivity index (χ4n) is 6.11. The van der Waals surface area contributed by atoms with Crippen molar-refractivity contribution in [1.82, 2.24) is 20.2 Å². The summed E-state index contributed by atoms with van der Waals surface area (Å²) in [5.41, 5.74) is 8.46. The first kappa shape index (κ1) is 26.3. The number of ether oxygens (including phenoxy) is 2. The zero-order valence-corrected chi connectivity index (χ0v) is 23.0. The van der Waals surface area contributed by atoms with Gasteiger partial charge in [-0.05, 0) is 43.5 Å². The Morgan fingerprint density at radius 2 is 2.08 bits per heavy atom. The van der Waals surface area contributed by atoms with Gasteiger partial charge in [0.1, 0.15) is 12.4 Å². The van der Waals surface area contributed by atoms with Crippen molar-refractivity contribution in [3.8, 4) is 6.01 Å². The Kier molecular flexibility index (Phi) is 7.57. The van der Waals surface area contributed by atoms with Gasteiger partial charge in [-0.3, -0.25) is 4.79 Å². The number of fused-ring (bicyclic) bond motifs is 2. The number of rotatable bonds is 7. The minimum Gasteiger partial charge on any atom is -0.462 e. The van der Waals surface area contributed by atoms with E-state index in [1.807, 2.05) is 18.2 Å². The van der Waals surface area contributed by atoms with Gasteiger partial charge in [-0.2, -0.15) is 9.97 Å². The van der Waals surface area contributed by atoms with Gasteiger partial charge in [-0.1, -0.05) is 41.9 Å². The first-order valence-electron chi connectivity index (χ1n) is 13.7. The standard InChI is InChI=1S/C29H35ClN6O3/c1-35-11-4-7-20(35)16-39-29-33-24-14-25(21-8-2-5-18-6-3-9-23(30)27(18)21)38-17-22(24)28(34-29)36-12-10-32-19(15-36)13-26(31)37/h2-3,5-6,8-9,19-20,25,32H,4,7,10-17H2,1H3,(H2,31,37)/t19-,20-,25-/m0/s1. The number of nitrogens with zero attached hydrogens (tertiary/aromatic N) is 4. The minimum atomic E-state index is -0.316. The number of piperazine rings is 1. The molecule has 3 aliphatic heterocycles. The van der Waals surface area contributed by atoms with Crippen molar-refractivity contribution < 1.29 is 14.3 Å². The summed E-state index contributed by atoms with van der Waals surface area (Å²) in [4.78, 5) is 26.0. The molecule has 3 aromatic rings. The summed E-state index contributed by atoms with van der Waals surface area (Å²) in [5, 5.41) is 6.21. The number of likely N-dealkylation sites (N-methyl/N-ethyl adjacent to an activating group) is 1. The fourth-order valence-corrected chi connectivity index (χ4v) is 6.40. The van der Waals surface area contributed by atoms with Crippen LogP contribution in [-0.2, 0) is 22.6 Å². The second-order valence-corrected chi connectivity index (χ2v) is 11.2. The number of halogens is 1. The van der Waals surface area contributed by atoms with Crippen molar-refractivity contribution in [3.05, 3.63) is 58.2 Å². The molecule has 0 aliphatic carbocycles. The summed E-state index contributed by atoms with van der Waals surface area (Å²) in [7, 11) is 2.14. The quantitative estimate of drug-likeness (QED) is 0.462. The number of anilines is 1. The van der Waals surface area contributed by atoms with E-state index in [9.17, 15) is 4.79 Å². The number of likely N-dealkylation sites (tertiary alicyclic amines) is 1. The van der Waals surface area contributed by atoms with Crippen LogP contribution in [0.5, 0.6) is 6.01 Å². The number of benzene rings is 2. The third kappa shape index (κ3) is 5.54. The van der Waals surface area contributed by atoms with Gasteiger partial charge in [-0.15, -0.1) is 0 Å². The molecule has 2 fully saturated rings. The van der Waals surface area contributed by atoms with Gasteiger partial charge in [0.05, 0.1) is 18.4 Å². The predicted octanol–water partition coefficient (Wildman–Crippen LogP) is 3.22. The van der Waals surface area contributed by atoms with Crippen molar-refractivity contribution >= 4 is 34.1 Å². The number of aromatic nitrogens is 2. The fraction of sp³-hybridized carbons (Fsp3) is 0.483. The molecule has 0 bridgehead atoms. The van der Waals surface area contributed by atoms with Crippen molar-refractivity contribution in [2.45, 2.75) is 50.5 Å². The Morgan fingerprint density at radius 1 is 1.23 bits per heavy atom. The van der Waals surface area contributed by atoms with Gasteiger partial charge in [0, 0.05) is 60.5 Å². The third-order valence-electron chi connectivity index (χ3n) is 8.17. The second kappa shape index (κ2) is 11.3. The lowest BCUT2D eigenvalue weighted by Crippen LogP contribution is -2.52. The molecule has 0 unspecified atom stereocenters. The monoisotopic (exact) mass is 550 g/mol. The largest absolute Gasteiger partial charge is 0.462 e. The van der Waals surface area contributed by atoms with Crippen LogP contribution < -0.4 is 20.7 Å². The number of primary amides is 1. The summed E-state index contributed by atoms with van der Waals surface area (Å²) in [5.74, 6) is 0.504. The van der Waals surface area contributed by atoms with E-state index in [1.165, 1.54) is 6.42 Å². The molecule has 1 aromatic heterocycles. The molecule has 10 heteroatoms. The van der Waals surface area contributed by atoms with Gasteiger partial charge < -0.3 is 30.3 Å². The third-order valence-corrected chi connectivity index (χ3v) is 8.48. The average Bonchev–Trinajstić information content (AvgIpc) is 3.35. The van der Waals surface area contributed by atoms with Crippen LogP contribution in [0.4, 0.5) is 5.82 Å². The minimum absolute atomic E-state index is 0.0338. The van der Waals surface area contributed by atoms with Gasteiger partial charge in [-0.25, -0.2) is 0 Å². The predicted molar refractivity (Wildman–Crippen MR) is 151 cm³/mol. The van der Waals surface area contributed by atoms with Gasteiger partial charge in [0.15, 0.2) is 0 Å². The topological polar surface area (TPSA) is 106 Å². The molecule has 3 aliphatic rings. The molecule has 2 saturated heterocycles. The van der Waals surface area contributed by atoms with Crippen LogP contribution in [0.1, 0.15) is 42.2 Å². The Hall–Kier alpha value is -2.98. The summed E-state index contributed by atoms with van der Waals surface area (Å²) in [6, 6.07) is 12.9. The Morgan fingerprint density at radius 3 is 2.87 bits per heavy atom. The number of amides is 1. The van der Waals surface area contributed by atoms with Crippen molar-refractivity contribution in [2.24, 2.45) is 5.73 Å². The zero-order valence-electron chi connectivity index (χ0n) is 22.2. The number of nitrogens with two attached hydrogens (primary N) is 1. The molecule has 3 N–H and O–H groups in total. The highest BCUT2D eigenvalue weighted by molar-refractivity contribution is 6.35. The van der Waals surface area contributed by atoms with Crippen molar-refractivity contribution in [1.29, 1.82) is 0 Å². The van der Waals surface area contributed by atoms with E-state index >= 15 is 0 Å². The van der Waals surface area contributed by atoms with E-state index in [2.05, 4.69) is 40.4 Å². The smallest absolute Gasteiger partial charge is 0.318 e. The Balaban J connectivity index is 1.33. The summed E-state index contributed by atoms with van der Waals surface area (Å²) in [6.45, 7) is 4.13. The lowest BCUT2D eigenvalue weighted by atomic mass is 9.94. The van der Waals surface area contributed by atoms with E-state index in [1.54, 1.807) is 0 Å². The van der Waals surface area contributed by atoms with E-state index in [-0.39, 0.29) is 24.5 Å². The van der Waals surface area contributed by atoms with Gasteiger partial charge in [0.25, 0.3) is 0 Å². The van der Waals surface area contributed by atoms with Gasteiger partial charge in [0.2, 0.25) is 5.91 Å². The Labute approximate surface area is 233 Å². The number of carbonyl (C=O) groups is 1. The van der Waals surface area contributed by atoms with E-state index < -0.39 is 0 Å². The van der Waals surface area contributed by atoms with Crippen LogP contribution in [0.2, 0.25) is 5.02 Å². The first-order chi connectivity index (χ1) is 19.0. The van der Waals surface area contributed by atoms with Crippen molar-refractivity contribution in [2.75, 3.05) is 44.7 Å². The molecule has 206 valence electrons. The molecule has 1 amide bonds. The van der Waals surface area contributed by atoms with Crippen molar-refractivity contribution in [3.63, 3.8) is 0 Å². The molecular formula is C29H35ClN6O3. The lowest BCUT2D eigenvalue weighted by molar-refractivity contribution is -0.118. The molecule has 4 heterocycles. The highest BCUT2D eigenvalue weighted by Crippen LogP contribution is 2.39. The van der Waals surface area contributed by atoms with Crippen LogP contribution in [0, 0.1) is 0 Å². The molecule has 6 rings (SSSR count). The van der Waals surface area contributed by atoms with E-state index in [0.29, 0.717) is 43.3 Å². The number of hydrogen-bond donors (Lipinski definition) is 2. The highest BCUT2D eigenvalue weighted by Gasteiger charge is 2.32. The van der Waals surface area contributed by atoms with E-state index in [0.717, 1.165) is 59.5 Å². The van der Waals surface area contributed by atoms with Crippen LogP contribution >= 0.6 is 11.6 Å². The first-order valence-corrected chi connectivity index (χ1v) is 14.1. The van der Waals surface area contributed by atoms with E-state index in [4.69, 9.17) is 36.8 Å². The SMILES string of the molecule is CN1CCC[C@H]1COc1nc2c(c(N3CCN[C@@H](CC(N)=O)C3)n1)CO[C@H](c1cccc3cccc(Cl)c13)C2. The molecular weight excluding hydrogens is 516 g/mol. The zero-order chi connectivity index (χ0) is 26.9. The van der Waals surface area contributed by atoms with Crippen LogP contribution in [-0.4, -0.2) is 72.7 Å². The second-order valence-electron chi connectivity index (χ2n) is 10.8. The van der Waals surface area contributed by atoms with Gasteiger partial charge >= 0.3 is 6.01 Å². The molecule has 0 saturated carbocycles. The summed E-state index contributed by atoms with van der Waals surface area (Å²) < 4.78 is 12.7. The molecule has 39 heavy (non-hydrogen) atoms. The molecule has 0 radical (unpaired) electrons. The number of hydrogen-bond acceptors (Lipinski definition) is 8. The summed E-state index contributed by atoms with van der Waals surface area (Å²) >= 11 is 6.65. The lowest BCUT2D eigenvalue weighted by Gasteiger charge is -2.36. The Bertz CT molecular complexity index is 1370. The average molecular weight is 551 g/mol. The molecule has 9 nitrogen and oxygen atoms in total. The maximum Gasteiger partial charge on any atom is 0.318 e. The van der Waals surface area contributed by atoms with Crippen LogP contribution in [0.25, 0.3) is 10.8 Å². The maximum atomic E-state index is 11.6. The van der Waals surface area contributed by atoms with Crippen LogP contribution in [0.3, 0.4) is 0 Å². The number of nitrogens with one attached hydrogen (secondary N) is 1. The van der Waals surface area contributed by atoms with Crippen LogP contribution in [0.15, 0.2) is 36.4 Å². The highest BCUT2D eigenvalue weighted by atomic mass is 35.5. The molecule has 3 atom stereocenters. The molecule has 0 spiro atoms.